The number of nitrogens with one attached hydrogen (secondary N) is 2. The molecule has 6 nitrogen and oxygen atoms in total. The number of para-hydroxylation sites is 1. The molecule has 1 aliphatic heterocycles. The van der Waals surface area contributed by atoms with Gasteiger partial charge in [-0.15, -0.1) is 0 Å². The molecule has 3 aromatic rings. The van der Waals surface area contributed by atoms with Gasteiger partial charge in [0.1, 0.15) is 0 Å². The number of aromatic nitrogens is 1. The van der Waals surface area contributed by atoms with Gasteiger partial charge in [-0.05, 0) is 43.2 Å². The van der Waals surface area contributed by atoms with Crippen LogP contribution in [0.1, 0.15) is 23.2 Å². The fraction of sp³-hybridized carbons (Fsp3) is 0.286. The van der Waals surface area contributed by atoms with Gasteiger partial charge in [0.15, 0.2) is 5.78 Å². The Morgan fingerprint density at radius 1 is 1.10 bits per heavy atom. The van der Waals surface area contributed by atoms with E-state index in [1.54, 1.807) is 18.3 Å². The first-order valence-corrected chi connectivity index (χ1v) is 11.4. The average molecular weight is 432 g/mol. The van der Waals surface area contributed by atoms with Gasteiger partial charge in [-0.25, -0.2) is 13.1 Å². The summed E-state index contributed by atoms with van der Waals surface area (Å²) in [5.41, 5.74) is 1.65. The first-order chi connectivity index (χ1) is 13.9. The van der Waals surface area contributed by atoms with Crippen LogP contribution in [-0.2, 0) is 10.0 Å². The zero-order valence-corrected chi connectivity index (χ0v) is 17.3. The Labute approximate surface area is 174 Å². The van der Waals surface area contributed by atoms with Gasteiger partial charge in [0.2, 0.25) is 10.0 Å². The molecule has 4 rings (SSSR count). The summed E-state index contributed by atoms with van der Waals surface area (Å²) in [4.78, 5) is 18.1. The third-order valence-corrected chi connectivity index (χ3v) is 7.08. The lowest BCUT2D eigenvalue weighted by molar-refractivity contribution is 0.0909. The topological polar surface area (TPSA) is 82.3 Å². The molecule has 0 atom stereocenters. The van der Waals surface area contributed by atoms with Crippen LogP contribution in [0.3, 0.4) is 0 Å². The summed E-state index contributed by atoms with van der Waals surface area (Å²) in [6.45, 7) is 1.67. The van der Waals surface area contributed by atoms with Crippen LogP contribution in [0.25, 0.3) is 10.9 Å². The Kier molecular flexibility index (Phi) is 5.74. The van der Waals surface area contributed by atoms with Gasteiger partial charge in [0, 0.05) is 46.8 Å². The number of fused-ring (bicyclic) bond motifs is 1. The van der Waals surface area contributed by atoms with Crippen molar-refractivity contribution in [3.8, 4) is 0 Å². The molecule has 152 valence electrons. The van der Waals surface area contributed by atoms with Crippen molar-refractivity contribution >= 4 is 38.3 Å². The molecule has 29 heavy (non-hydrogen) atoms. The van der Waals surface area contributed by atoms with E-state index in [1.165, 1.54) is 12.1 Å². The van der Waals surface area contributed by atoms with E-state index in [0.717, 1.165) is 10.9 Å². The number of carbonyl (C=O) groups excluding carboxylic acids is 1. The summed E-state index contributed by atoms with van der Waals surface area (Å²) >= 11 is 5.83. The number of halogens is 1. The predicted molar refractivity (Wildman–Crippen MR) is 114 cm³/mol. The Bertz CT molecular complexity index is 1120. The second-order valence-electron chi connectivity index (χ2n) is 7.30. The number of ketones is 1. The molecule has 2 N–H and O–H groups in total. The predicted octanol–water partition coefficient (Wildman–Crippen LogP) is 3.45. The van der Waals surface area contributed by atoms with Crippen molar-refractivity contribution in [1.29, 1.82) is 0 Å². The summed E-state index contributed by atoms with van der Waals surface area (Å²) in [7, 11) is -3.58. The standard InChI is InChI=1S/C21H22ClN3O3S/c22-15-5-7-17(8-6-15)29(27,28)24-16-9-11-25(12-10-16)14-21(26)19-13-23-20-4-2-1-3-18(19)20/h1-8,13,16,23-24H,9-12,14H2. The summed E-state index contributed by atoms with van der Waals surface area (Å²) in [6, 6.07) is 13.7. The number of Topliss-reactive ketones (excluding diaryl/α,β-unsaturated/α-hetero) is 1. The Morgan fingerprint density at radius 3 is 2.52 bits per heavy atom. The van der Waals surface area contributed by atoms with Gasteiger partial charge in [-0.1, -0.05) is 29.8 Å². The fourth-order valence-corrected chi connectivity index (χ4v) is 5.13. The number of piperidine rings is 1. The Hall–Kier alpha value is -2.19. The van der Waals surface area contributed by atoms with E-state index in [9.17, 15) is 13.2 Å². The highest BCUT2D eigenvalue weighted by molar-refractivity contribution is 7.89. The molecule has 8 heteroatoms. The highest BCUT2D eigenvalue weighted by atomic mass is 35.5. The Balaban J connectivity index is 1.33. The number of H-pyrrole nitrogens is 1. The highest BCUT2D eigenvalue weighted by Crippen LogP contribution is 2.20. The number of rotatable bonds is 6. The molecule has 0 saturated carbocycles. The van der Waals surface area contributed by atoms with Crippen LogP contribution in [0, 0.1) is 0 Å². The lowest BCUT2D eigenvalue weighted by Crippen LogP contribution is -2.45. The van der Waals surface area contributed by atoms with Crippen molar-refractivity contribution < 1.29 is 13.2 Å². The number of aromatic amines is 1. The molecule has 2 heterocycles. The van der Waals surface area contributed by atoms with E-state index in [4.69, 9.17) is 11.6 Å². The molecule has 2 aromatic carbocycles. The molecule has 0 unspecified atom stereocenters. The number of sulfonamides is 1. The summed E-state index contributed by atoms with van der Waals surface area (Å²) in [5, 5.41) is 1.43. The molecule has 0 radical (unpaired) electrons. The molecule has 1 aromatic heterocycles. The smallest absolute Gasteiger partial charge is 0.240 e. The van der Waals surface area contributed by atoms with Crippen LogP contribution < -0.4 is 4.72 Å². The fourth-order valence-electron chi connectivity index (χ4n) is 3.70. The van der Waals surface area contributed by atoms with Crippen molar-refractivity contribution in [3.05, 3.63) is 65.3 Å². The van der Waals surface area contributed by atoms with Gasteiger partial charge in [-0.3, -0.25) is 9.69 Å². The SMILES string of the molecule is O=C(CN1CCC(NS(=O)(=O)c2ccc(Cl)cc2)CC1)c1c[nH]c2ccccc12. The molecular formula is C21H22ClN3O3S. The Morgan fingerprint density at radius 2 is 1.79 bits per heavy atom. The lowest BCUT2D eigenvalue weighted by atomic mass is 10.0. The van der Waals surface area contributed by atoms with Gasteiger partial charge < -0.3 is 4.98 Å². The molecule has 1 saturated heterocycles. The van der Waals surface area contributed by atoms with E-state index in [0.29, 0.717) is 43.1 Å². The van der Waals surface area contributed by atoms with Gasteiger partial charge in [0.25, 0.3) is 0 Å². The van der Waals surface area contributed by atoms with E-state index in [1.807, 2.05) is 24.3 Å². The number of hydrogen-bond donors (Lipinski definition) is 2. The minimum atomic E-state index is -3.58. The monoisotopic (exact) mass is 431 g/mol. The van der Waals surface area contributed by atoms with Crippen molar-refractivity contribution in [1.82, 2.24) is 14.6 Å². The van der Waals surface area contributed by atoms with E-state index >= 15 is 0 Å². The van der Waals surface area contributed by atoms with Crippen LogP contribution in [-0.4, -0.2) is 49.8 Å². The maximum Gasteiger partial charge on any atom is 0.240 e. The zero-order valence-electron chi connectivity index (χ0n) is 15.8. The maximum absolute atomic E-state index is 12.7. The summed E-state index contributed by atoms with van der Waals surface area (Å²) in [6.07, 6.45) is 3.09. The normalized spacial score (nSPS) is 16.3. The third-order valence-electron chi connectivity index (χ3n) is 5.29. The molecule has 1 fully saturated rings. The van der Waals surface area contributed by atoms with Crippen LogP contribution in [0.5, 0.6) is 0 Å². The van der Waals surface area contributed by atoms with E-state index < -0.39 is 10.0 Å². The van der Waals surface area contributed by atoms with Gasteiger partial charge >= 0.3 is 0 Å². The molecule has 0 bridgehead atoms. The summed E-state index contributed by atoms with van der Waals surface area (Å²) < 4.78 is 27.8. The largest absolute Gasteiger partial charge is 0.360 e. The van der Waals surface area contributed by atoms with Crippen molar-refractivity contribution in [2.24, 2.45) is 0 Å². The maximum atomic E-state index is 12.7. The number of benzene rings is 2. The zero-order chi connectivity index (χ0) is 20.4. The van der Waals surface area contributed by atoms with Gasteiger partial charge in [0.05, 0.1) is 11.4 Å². The number of nitrogens with zero attached hydrogens (tertiary/aromatic N) is 1. The molecule has 0 aliphatic carbocycles. The minimum Gasteiger partial charge on any atom is -0.360 e. The lowest BCUT2D eigenvalue weighted by Gasteiger charge is -2.31. The van der Waals surface area contributed by atoms with Crippen LogP contribution in [0.4, 0.5) is 0 Å². The second kappa shape index (κ2) is 8.28. The van der Waals surface area contributed by atoms with Crippen LogP contribution >= 0.6 is 11.6 Å². The first kappa shape index (κ1) is 20.1. The second-order valence-corrected chi connectivity index (χ2v) is 9.45. The van der Waals surface area contributed by atoms with E-state index in [2.05, 4.69) is 14.6 Å². The average Bonchev–Trinajstić information content (AvgIpc) is 3.14. The van der Waals surface area contributed by atoms with Gasteiger partial charge in [-0.2, -0.15) is 0 Å². The summed E-state index contributed by atoms with van der Waals surface area (Å²) in [5.74, 6) is 0.0719. The number of hydrogen-bond acceptors (Lipinski definition) is 4. The van der Waals surface area contributed by atoms with Crippen LogP contribution in [0.15, 0.2) is 59.6 Å². The minimum absolute atomic E-state index is 0.0719. The van der Waals surface area contributed by atoms with Crippen LogP contribution in [0.2, 0.25) is 5.02 Å². The number of likely N-dealkylation sites (tertiary alicyclic amines) is 1. The van der Waals surface area contributed by atoms with Crippen molar-refractivity contribution in [2.75, 3.05) is 19.6 Å². The quantitative estimate of drug-likeness (QED) is 0.585. The first-order valence-electron chi connectivity index (χ1n) is 9.52. The van der Waals surface area contributed by atoms with E-state index in [-0.39, 0.29) is 16.7 Å². The molecule has 1 aliphatic rings. The number of carbonyl (C=O) groups is 1. The molecular weight excluding hydrogens is 410 g/mol. The molecule has 0 amide bonds. The van der Waals surface area contributed by atoms with Crippen molar-refractivity contribution in [2.45, 2.75) is 23.8 Å². The third kappa shape index (κ3) is 4.53. The molecule has 0 spiro atoms. The van der Waals surface area contributed by atoms with Crippen molar-refractivity contribution in [3.63, 3.8) is 0 Å². The highest BCUT2D eigenvalue weighted by Gasteiger charge is 2.26.